The van der Waals surface area contributed by atoms with Crippen LogP contribution in [0.25, 0.3) is 0 Å². The van der Waals surface area contributed by atoms with Crippen molar-refractivity contribution in [3.05, 3.63) is 0 Å². The Balaban J connectivity index is 2.23. The van der Waals surface area contributed by atoms with Crippen LogP contribution >= 0.6 is 0 Å². The summed E-state index contributed by atoms with van der Waals surface area (Å²) in [5.74, 6) is 5.95. The van der Waals surface area contributed by atoms with Crippen molar-refractivity contribution in [1.82, 2.24) is 5.01 Å². The summed E-state index contributed by atoms with van der Waals surface area (Å²) in [4.78, 5) is 11.1. The number of carbonyl (C=O) groups is 1. The minimum atomic E-state index is -0.0946. The van der Waals surface area contributed by atoms with Crippen molar-refractivity contribution in [2.75, 3.05) is 19.7 Å². The van der Waals surface area contributed by atoms with Gasteiger partial charge in [-0.2, -0.15) is 0 Å². The molecule has 1 unspecified atom stereocenters. The maximum Gasteiger partial charge on any atom is 0.306 e. The Morgan fingerprint density at radius 2 is 2.46 bits per heavy atom. The van der Waals surface area contributed by atoms with Gasteiger partial charge in [0.1, 0.15) is 0 Å². The predicted molar refractivity (Wildman–Crippen MR) is 49.7 cm³/mol. The van der Waals surface area contributed by atoms with Crippen LogP contribution in [0.15, 0.2) is 0 Å². The van der Waals surface area contributed by atoms with Crippen molar-refractivity contribution in [2.24, 2.45) is 11.8 Å². The van der Waals surface area contributed by atoms with Crippen molar-refractivity contribution in [3.63, 3.8) is 0 Å². The molecule has 2 N–H and O–H groups in total. The molecule has 1 aliphatic rings. The zero-order valence-corrected chi connectivity index (χ0v) is 8.16. The van der Waals surface area contributed by atoms with Crippen LogP contribution in [0.4, 0.5) is 0 Å². The molecule has 0 amide bonds. The summed E-state index contributed by atoms with van der Waals surface area (Å²) >= 11 is 0. The Bertz CT molecular complexity index is 173. The summed E-state index contributed by atoms with van der Waals surface area (Å²) in [5.41, 5.74) is 0. The van der Waals surface area contributed by atoms with Gasteiger partial charge in [-0.25, -0.2) is 5.01 Å². The van der Waals surface area contributed by atoms with Crippen LogP contribution in [-0.4, -0.2) is 30.7 Å². The molecule has 4 heteroatoms. The fraction of sp³-hybridized carbons (Fsp3) is 0.889. The van der Waals surface area contributed by atoms with Gasteiger partial charge in [-0.05, 0) is 25.7 Å². The number of nitrogens with zero attached hydrogens (tertiary/aromatic N) is 1. The van der Waals surface area contributed by atoms with E-state index in [1.807, 2.05) is 6.92 Å². The highest BCUT2D eigenvalue weighted by atomic mass is 16.5. The lowest BCUT2D eigenvalue weighted by atomic mass is 9.96. The number of hydrazine groups is 1. The number of nitrogens with two attached hydrogens (primary N) is 1. The molecule has 0 spiro atoms. The molecule has 0 bridgehead atoms. The lowest BCUT2D eigenvalue weighted by Gasteiger charge is -2.28. The van der Waals surface area contributed by atoms with Gasteiger partial charge in [0.2, 0.25) is 0 Å². The highest BCUT2D eigenvalue weighted by Gasteiger charge is 2.20. The average molecular weight is 186 g/mol. The third-order valence-corrected chi connectivity index (χ3v) is 2.31. The van der Waals surface area contributed by atoms with E-state index >= 15 is 0 Å². The fourth-order valence-corrected chi connectivity index (χ4v) is 1.72. The third kappa shape index (κ3) is 3.74. The minimum Gasteiger partial charge on any atom is -0.466 e. The highest BCUT2D eigenvalue weighted by Crippen LogP contribution is 2.17. The Hall–Kier alpha value is -0.610. The first-order valence-corrected chi connectivity index (χ1v) is 4.87. The van der Waals surface area contributed by atoms with E-state index in [1.165, 1.54) is 0 Å². The van der Waals surface area contributed by atoms with Gasteiger partial charge in [0.05, 0.1) is 6.61 Å². The van der Waals surface area contributed by atoms with Gasteiger partial charge in [-0.1, -0.05) is 0 Å². The first-order chi connectivity index (χ1) is 6.22. The average Bonchev–Trinajstić information content (AvgIpc) is 2.04. The number of ether oxygens (including phenoxy) is 1. The third-order valence-electron chi connectivity index (χ3n) is 2.31. The van der Waals surface area contributed by atoms with E-state index in [-0.39, 0.29) is 5.97 Å². The fourth-order valence-electron chi connectivity index (χ4n) is 1.72. The summed E-state index contributed by atoms with van der Waals surface area (Å²) < 4.78 is 4.88. The van der Waals surface area contributed by atoms with Crippen LogP contribution in [0.3, 0.4) is 0 Å². The van der Waals surface area contributed by atoms with Crippen LogP contribution in [0, 0.1) is 5.92 Å². The molecule has 0 aromatic heterocycles. The molecule has 1 saturated heterocycles. The Morgan fingerprint density at radius 3 is 3.08 bits per heavy atom. The summed E-state index contributed by atoms with van der Waals surface area (Å²) in [5, 5.41) is 1.79. The quantitative estimate of drug-likeness (QED) is 0.516. The second kappa shape index (κ2) is 5.19. The van der Waals surface area contributed by atoms with Crippen molar-refractivity contribution in [2.45, 2.75) is 26.2 Å². The van der Waals surface area contributed by atoms with Gasteiger partial charge in [0.25, 0.3) is 0 Å². The molecule has 1 aliphatic heterocycles. The normalized spacial score (nSPS) is 24.3. The summed E-state index contributed by atoms with van der Waals surface area (Å²) in [6.07, 6.45) is 2.69. The molecular formula is C9H18N2O2. The molecule has 1 rings (SSSR count). The van der Waals surface area contributed by atoms with E-state index < -0.39 is 0 Å². The Labute approximate surface area is 79.0 Å². The maximum atomic E-state index is 11.1. The molecule has 76 valence electrons. The lowest BCUT2D eigenvalue weighted by molar-refractivity contribution is -0.144. The van der Waals surface area contributed by atoms with Crippen molar-refractivity contribution < 1.29 is 9.53 Å². The van der Waals surface area contributed by atoms with Crippen LogP contribution in [-0.2, 0) is 9.53 Å². The van der Waals surface area contributed by atoms with Gasteiger partial charge in [-0.15, -0.1) is 0 Å². The maximum absolute atomic E-state index is 11.1. The number of hydrogen-bond donors (Lipinski definition) is 1. The number of carbonyl (C=O) groups excluding carboxylic acids is 1. The van der Waals surface area contributed by atoms with Gasteiger partial charge < -0.3 is 4.74 Å². The Morgan fingerprint density at radius 1 is 1.69 bits per heavy atom. The summed E-state index contributed by atoms with van der Waals surface area (Å²) in [7, 11) is 0. The SMILES string of the molecule is CCOC(=O)CC1CCCN(N)C1. The molecule has 4 nitrogen and oxygen atoms in total. The molecule has 0 aromatic carbocycles. The molecule has 0 aromatic rings. The zero-order valence-electron chi connectivity index (χ0n) is 8.16. The second-order valence-corrected chi connectivity index (χ2v) is 3.51. The van der Waals surface area contributed by atoms with E-state index in [2.05, 4.69) is 0 Å². The molecule has 0 aliphatic carbocycles. The molecule has 13 heavy (non-hydrogen) atoms. The topological polar surface area (TPSA) is 55.6 Å². The smallest absolute Gasteiger partial charge is 0.306 e. The molecule has 0 radical (unpaired) electrons. The van der Waals surface area contributed by atoms with E-state index in [0.717, 1.165) is 25.9 Å². The van der Waals surface area contributed by atoms with Gasteiger partial charge in [0, 0.05) is 19.5 Å². The first-order valence-electron chi connectivity index (χ1n) is 4.87. The van der Waals surface area contributed by atoms with Crippen LogP contribution in [0.2, 0.25) is 0 Å². The molecular weight excluding hydrogens is 168 g/mol. The molecule has 1 fully saturated rings. The number of piperidine rings is 1. The van der Waals surface area contributed by atoms with Crippen molar-refractivity contribution in [1.29, 1.82) is 0 Å². The van der Waals surface area contributed by atoms with E-state index in [9.17, 15) is 4.79 Å². The summed E-state index contributed by atoms with van der Waals surface area (Å²) in [6, 6.07) is 0. The summed E-state index contributed by atoms with van der Waals surface area (Å²) in [6.45, 7) is 4.06. The van der Waals surface area contributed by atoms with Gasteiger partial charge in [-0.3, -0.25) is 10.6 Å². The van der Waals surface area contributed by atoms with Gasteiger partial charge in [0.15, 0.2) is 0 Å². The van der Waals surface area contributed by atoms with Crippen LogP contribution < -0.4 is 5.84 Å². The molecule has 0 saturated carbocycles. The van der Waals surface area contributed by atoms with Crippen molar-refractivity contribution >= 4 is 5.97 Å². The van der Waals surface area contributed by atoms with Crippen LogP contribution in [0.5, 0.6) is 0 Å². The second-order valence-electron chi connectivity index (χ2n) is 3.51. The van der Waals surface area contributed by atoms with Crippen molar-refractivity contribution in [3.8, 4) is 0 Å². The van der Waals surface area contributed by atoms with E-state index in [1.54, 1.807) is 5.01 Å². The highest BCUT2D eigenvalue weighted by molar-refractivity contribution is 5.69. The standard InChI is InChI=1S/C9H18N2O2/c1-2-13-9(12)6-8-4-3-5-11(10)7-8/h8H,2-7,10H2,1H3. The number of esters is 1. The minimum absolute atomic E-state index is 0.0946. The Kier molecular flexibility index (Phi) is 4.18. The molecule has 1 heterocycles. The lowest BCUT2D eigenvalue weighted by Crippen LogP contribution is -2.41. The first kappa shape index (κ1) is 10.5. The van der Waals surface area contributed by atoms with Gasteiger partial charge >= 0.3 is 5.97 Å². The van der Waals surface area contributed by atoms with E-state index in [4.69, 9.17) is 10.6 Å². The predicted octanol–water partition coefficient (Wildman–Crippen LogP) is 0.525. The molecule has 1 atom stereocenters. The van der Waals surface area contributed by atoms with E-state index in [0.29, 0.717) is 18.9 Å². The number of rotatable bonds is 3. The monoisotopic (exact) mass is 186 g/mol. The number of hydrogen-bond acceptors (Lipinski definition) is 4. The van der Waals surface area contributed by atoms with Crippen LogP contribution in [0.1, 0.15) is 26.2 Å². The largest absolute Gasteiger partial charge is 0.466 e. The zero-order chi connectivity index (χ0) is 9.68.